The van der Waals surface area contributed by atoms with Gasteiger partial charge in [0.25, 0.3) is 5.79 Å². The number of hydrogen-bond donors (Lipinski definition) is 1. The summed E-state index contributed by atoms with van der Waals surface area (Å²) in [5.41, 5.74) is -0.665. The molecule has 0 spiro atoms. The first-order valence-electron chi connectivity index (χ1n) is 7.23. The second-order valence-corrected chi connectivity index (χ2v) is 7.49. The molecule has 0 amide bonds. The molecule has 130 valence electrons. The van der Waals surface area contributed by atoms with Crippen LogP contribution >= 0.6 is 15.9 Å². The topological polar surface area (TPSA) is 82.1 Å². The molecule has 24 heavy (non-hydrogen) atoms. The summed E-state index contributed by atoms with van der Waals surface area (Å²) in [5.74, 6) is -2.97. The lowest BCUT2D eigenvalue weighted by Gasteiger charge is -2.42. The van der Waals surface area contributed by atoms with Crippen LogP contribution in [0.2, 0.25) is 0 Å². The Morgan fingerprint density at radius 1 is 1.21 bits per heavy atom. The van der Waals surface area contributed by atoms with E-state index >= 15 is 0 Å². The second-order valence-electron chi connectivity index (χ2n) is 6.58. The van der Waals surface area contributed by atoms with Gasteiger partial charge in [-0.3, -0.25) is 0 Å². The molecule has 1 fully saturated rings. The predicted octanol–water partition coefficient (Wildman–Crippen LogP) is 3.41. The predicted molar refractivity (Wildman–Crippen MR) is 90.4 cm³/mol. The van der Waals surface area contributed by atoms with Crippen molar-refractivity contribution in [1.82, 2.24) is 0 Å². The van der Waals surface area contributed by atoms with Gasteiger partial charge in [0.15, 0.2) is 11.5 Å². The highest BCUT2D eigenvalue weighted by Gasteiger charge is 2.50. The molecule has 1 aromatic rings. The van der Waals surface area contributed by atoms with Gasteiger partial charge in [-0.2, -0.15) is 0 Å². The minimum Gasteiger partial charge on any atom is -0.504 e. The van der Waals surface area contributed by atoms with Crippen LogP contribution in [-0.2, 0) is 19.1 Å². The number of rotatable bonds is 2. The lowest BCUT2D eigenvalue weighted by molar-refractivity contribution is -0.261. The van der Waals surface area contributed by atoms with Gasteiger partial charge in [0, 0.05) is 22.4 Å². The number of halogens is 1. The fourth-order valence-corrected chi connectivity index (χ4v) is 2.46. The summed E-state index contributed by atoms with van der Waals surface area (Å²) in [6.45, 7) is 6.94. The molecule has 0 atom stereocenters. The molecule has 0 radical (unpaired) electrons. The zero-order valence-corrected chi connectivity index (χ0v) is 15.7. The highest BCUT2D eigenvalue weighted by molar-refractivity contribution is 9.10. The molecule has 2 rings (SSSR count). The number of phenols is 1. The third-order valence-electron chi connectivity index (χ3n) is 3.97. The van der Waals surface area contributed by atoms with Crippen molar-refractivity contribution in [2.45, 2.75) is 33.5 Å². The fourth-order valence-electron chi connectivity index (χ4n) is 2.01. The van der Waals surface area contributed by atoms with Gasteiger partial charge in [-0.1, -0.05) is 36.7 Å². The smallest absolute Gasteiger partial charge is 0.348 e. The Hall–Kier alpha value is -2.02. The van der Waals surface area contributed by atoms with E-state index in [2.05, 4.69) is 15.9 Å². The maximum absolute atomic E-state index is 12.3. The maximum atomic E-state index is 12.3. The van der Waals surface area contributed by atoms with Gasteiger partial charge in [-0.15, -0.1) is 0 Å². The first-order chi connectivity index (χ1) is 11.0. The summed E-state index contributed by atoms with van der Waals surface area (Å²) in [7, 11) is 1.40. The van der Waals surface area contributed by atoms with E-state index in [1.165, 1.54) is 13.2 Å². The van der Waals surface area contributed by atoms with Gasteiger partial charge in [0.1, 0.15) is 5.57 Å². The zero-order valence-electron chi connectivity index (χ0n) is 14.1. The molecule has 0 aliphatic carbocycles. The molecule has 1 N–H and O–H groups in total. The Labute approximate surface area is 148 Å². The van der Waals surface area contributed by atoms with Crippen LogP contribution in [0.25, 0.3) is 6.08 Å². The maximum Gasteiger partial charge on any atom is 0.348 e. The van der Waals surface area contributed by atoms with Crippen LogP contribution < -0.4 is 4.74 Å². The van der Waals surface area contributed by atoms with Crippen molar-refractivity contribution in [3.63, 3.8) is 0 Å². The van der Waals surface area contributed by atoms with Crippen molar-refractivity contribution in [3.8, 4) is 11.5 Å². The third-order valence-corrected chi connectivity index (χ3v) is 4.42. The number of esters is 2. The SMILES string of the molecule is COc1cc(Br)cc(C=C2C(=O)OC(C)(C(C)(C)C)OC2=O)c1O. The monoisotopic (exact) mass is 398 g/mol. The number of benzene rings is 1. The Bertz CT molecular complexity index is 709. The van der Waals surface area contributed by atoms with E-state index in [9.17, 15) is 14.7 Å². The van der Waals surface area contributed by atoms with Crippen LogP contribution in [0.15, 0.2) is 22.2 Å². The average Bonchev–Trinajstić information content (AvgIpc) is 2.44. The van der Waals surface area contributed by atoms with Crippen molar-refractivity contribution in [3.05, 3.63) is 27.7 Å². The zero-order chi connectivity index (χ0) is 18.3. The Balaban J connectivity index is 2.45. The first kappa shape index (κ1) is 18.3. The molecule has 6 nitrogen and oxygen atoms in total. The number of phenolic OH excluding ortho intramolecular Hbond substituents is 1. The minimum absolute atomic E-state index is 0.196. The molecule has 1 aromatic carbocycles. The summed E-state index contributed by atoms with van der Waals surface area (Å²) in [5, 5.41) is 10.2. The van der Waals surface area contributed by atoms with Crippen molar-refractivity contribution < 1.29 is 28.9 Å². The van der Waals surface area contributed by atoms with Gasteiger partial charge < -0.3 is 19.3 Å². The number of carbonyl (C=O) groups is 2. The number of carbonyl (C=O) groups excluding carboxylic acids is 2. The van der Waals surface area contributed by atoms with Crippen molar-refractivity contribution in [1.29, 1.82) is 0 Å². The summed E-state index contributed by atoms with van der Waals surface area (Å²) in [6, 6.07) is 3.11. The standard InChI is InChI=1S/C17H19BrO6/c1-16(2,3)17(4)23-14(20)11(15(21)24-17)7-9-6-10(18)8-12(22-5)13(9)19/h6-8,19H,1-5H3. The largest absolute Gasteiger partial charge is 0.504 e. The summed E-state index contributed by atoms with van der Waals surface area (Å²) in [6.07, 6.45) is 1.22. The van der Waals surface area contributed by atoms with Gasteiger partial charge in [-0.25, -0.2) is 9.59 Å². The van der Waals surface area contributed by atoms with Crippen LogP contribution in [0.1, 0.15) is 33.3 Å². The number of hydrogen-bond acceptors (Lipinski definition) is 6. The van der Waals surface area contributed by atoms with Crippen LogP contribution in [0.3, 0.4) is 0 Å². The quantitative estimate of drug-likeness (QED) is 0.466. The Morgan fingerprint density at radius 2 is 1.75 bits per heavy atom. The molecule has 1 aliphatic rings. The third kappa shape index (κ3) is 3.26. The Morgan fingerprint density at radius 3 is 2.21 bits per heavy atom. The normalized spacial score (nSPS) is 21.2. The molecular weight excluding hydrogens is 380 g/mol. The summed E-state index contributed by atoms with van der Waals surface area (Å²) >= 11 is 3.27. The van der Waals surface area contributed by atoms with Crippen LogP contribution in [0.4, 0.5) is 0 Å². The number of aromatic hydroxyl groups is 1. The second kappa shape index (κ2) is 6.12. The van der Waals surface area contributed by atoms with E-state index in [1.54, 1.807) is 39.8 Å². The summed E-state index contributed by atoms with van der Waals surface area (Å²) in [4.78, 5) is 24.6. The van der Waals surface area contributed by atoms with E-state index in [1.807, 2.05) is 0 Å². The molecule has 1 aliphatic heterocycles. The van der Waals surface area contributed by atoms with E-state index in [-0.39, 0.29) is 22.6 Å². The molecule has 0 unspecified atom stereocenters. The van der Waals surface area contributed by atoms with Crippen LogP contribution in [0, 0.1) is 5.41 Å². The molecule has 0 bridgehead atoms. The van der Waals surface area contributed by atoms with Gasteiger partial charge in [0.2, 0.25) is 0 Å². The molecule has 0 aromatic heterocycles. The van der Waals surface area contributed by atoms with Gasteiger partial charge in [-0.05, 0) is 18.2 Å². The molecule has 0 saturated carbocycles. The number of ether oxygens (including phenoxy) is 3. The van der Waals surface area contributed by atoms with E-state index in [4.69, 9.17) is 14.2 Å². The molecule has 7 heteroatoms. The van der Waals surface area contributed by atoms with Gasteiger partial charge >= 0.3 is 11.9 Å². The highest BCUT2D eigenvalue weighted by atomic mass is 79.9. The van der Waals surface area contributed by atoms with Crippen LogP contribution in [-0.4, -0.2) is 29.9 Å². The number of methoxy groups -OCH3 is 1. The molecule has 1 saturated heterocycles. The first-order valence-corrected chi connectivity index (χ1v) is 8.02. The van der Waals surface area contributed by atoms with E-state index < -0.39 is 23.1 Å². The molecule has 1 heterocycles. The summed E-state index contributed by atoms with van der Waals surface area (Å²) < 4.78 is 16.3. The number of cyclic esters (lactones) is 2. The van der Waals surface area contributed by atoms with E-state index in [0.717, 1.165) is 0 Å². The van der Waals surface area contributed by atoms with E-state index in [0.29, 0.717) is 4.47 Å². The lowest BCUT2D eigenvalue weighted by atomic mass is 9.85. The van der Waals surface area contributed by atoms with Crippen molar-refractivity contribution in [2.75, 3.05) is 7.11 Å². The fraction of sp³-hybridized carbons (Fsp3) is 0.412. The van der Waals surface area contributed by atoms with Crippen molar-refractivity contribution >= 4 is 33.9 Å². The van der Waals surface area contributed by atoms with Crippen LogP contribution in [0.5, 0.6) is 11.5 Å². The average molecular weight is 399 g/mol. The van der Waals surface area contributed by atoms with Gasteiger partial charge in [0.05, 0.1) is 7.11 Å². The Kier molecular flexibility index (Phi) is 4.68. The lowest BCUT2D eigenvalue weighted by Crippen LogP contribution is -2.52. The highest BCUT2D eigenvalue weighted by Crippen LogP contribution is 2.40. The van der Waals surface area contributed by atoms with Crippen molar-refractivity contribution in [2.24, 2.45) is 5.41 Å². The minimum atomic E-state index is -1.37. The molecular formula is C17H19BrO6.